The predicted molar refractivity (Wildman–Crippen MR) is 131 cm³/mol. The van der Waals surface area contributed by atoms with Crippen molar-refractivity contribution in [1.29, 1.82) is 0 Å². The van der Waals surface area contributed by atoms with Gasteiger partial charge in [0.15, 0.2) is 11.5 Å². The van der Waals surface area contributed by atoms with Gasteiger partial charge >= 0.3 is 5.97 Å². The first kappa shape index (κ1) is 22.5. The highest BCUT2D eigenvalue weighted by atomic mass is 16.6. The normalized spacial score (nSPS) is 12.4. The zero-order chi connectivity index (χ0) is 24.5. The number of rotatable bonds is 5. The smallest absolute Gasteiger partial charge is 0.343 e. The van der Waals surface area contributed by atoms with E-state index in [2.05, 4.69) is 0 Å². The monoisotopic (exact) mass is 472 g/mol. The molecular weight excluding hydrogens is 448 g/mol. The molecule has 0 amide bonds. The fourth-order valence-electron chi connectivity index (χ4n) is 4.17. The van der Waals surface area contributed by atoms with Crippen molar-refractivity contribution < 1.29 is 28.2 Å². The molecule has 1 aliphatic rings. The van der Waals surface area contributed by atoms with Gasteiger partial charge in [-0.3, -0.25) is 4.79 Å². The molecule has 0 radical (unpaired) electrons. The molecule has 0 aliphatic carbocycles. The van der Waals surface area contributed by atoms with Crippen molar-refractivity contribution in [1.82, 2.24) is 0 Å². The van der Waals surface area contributed by atoms with Crippen molar-refractivity contribution in [2.75, 3.05) is 20.3 Å². The first-order valence-electron chi connectivity index (χ1n) is 11.3. The standard InChI is InChI=1S/C28H24O7/c1-4-17-13-21-24(15-23(17)35-28(30)18-5-8-20(31-3)9-6-18)34-16(2)26(27(21)29)19-7-10-22-25(14-19)33-12-11-32-22/h5-10,13-15H,4,11-12H2,1-3H3. The quantitative estimate of drug-likeness (QED) is 0.287. The molecule has 0 fully saturated rings. The second-order valence-corrected chi connectivity index (χ2v) is 8.15. The highest BCUT2D eigenvalue weighted by Crippen LogP contribution is 2.36. The van der Waals surface area contributed by atoms with Crippen LogP contribution in [0.2, 0.25) is 0 Å². The Kier molecular flexibility index (Phi) is 5.91. The minimum absolute atomic E-state index is 0.164. The zero-order valence-corrected chi connectivity index (χ0v) is 19.7. The van der Waals surface area contributed by atoms with E-state index in [1.54, 1.807) is 62.6 Å². The second kappa shape index (κ2) is 9.18. The molecular formula is C28H24O7. The maximum Gasteiger partial charge on any atom is 0.343 e. The maximum absolute atomic E-state index is 13.5. The number of ether oxygens (including phenoxy) is 4. The van der Waals surface area contributed by atoms with E-state index < -0.39 is 5.97 Å². The molecule has 2 heterocycles. The molecule has 0 spiro atoms. The molecule has 7 heteroatoms. The van der Waals surface area contributed by atoms with Gasteiger partial charge in [-0.1, -0.05) is 13.0 Å². The molecule has 0 atom stereocenters. The summed E-state index contributed by atoms with van der Waals surface area (Å²) < 4.78 is 28.1. The third-order valence-corrected chi connectivity index (χ3v) is 5.99. The maximum atomic E-state index is 13.5. The van der Waals surface area contributed by atoms with Crippen molar-refractivity contribution in [2.24, 2.45) is 0 Å². The summed E-state index contributed by atoms with van der Waals surface area (Å²) in [7, 11) is 1.56. The lowest BCUT2D eigenvalue weighted by atomic mass is 10.00. The molecule has 3 aromatic carbocycles. The lowest BCUT2D eigenvalue weighted by Crippen LogP contribution is -2.15. The first-order valence-corrected chi connectivity index (χ1v) is 11.3. The van der Waals surface area contributed by atoms with Crippen LogP contribution in [0.25, 0.3) is 22.1 Å². The average molecular weight is 472 g/mol. The lowest BCUT2D eigenvalue weighted by molar-refractivity contribution is 0.0733. The molecule has 35 heavy (non-hydrogen) atoms. The van der Waals surface area contributed by atoms with Gasteiger partial charge < -0.3 is 23.4 Å². The molecule has 0 unspecified atom stereocenters. The number of benzene rings is 3. The van der Waals surface area contributed by atoms with Crippen molar-refractivity contribution in [3.05, 3.63) is 81.7 Å². The van der Waals surface area contributed by atoms with Gasteiger partial charge in [0.05, 0.1) is 23.6 Å². The molecule has 1 aliphatic heterocycles. The fraction of sp³-hybridized carbons (Fsp3) is 0.214. The summed E-state index contributed by atoms with van der Waals surface area (Å²) in [6.07, 6.45) is 0.563. The molecule has 0 bridgehead atoms. The Labute approximate surface area is 201 Å². The van der Waals surface area contributed by atoms with E-state index in [1.165, 1.54) is 0 Å². The fourth-order valence-corrected chi connectivity index (χ4v) is 4.17. The number of carbonyl (C=O) groups is 1. The molecule has 7 nitrogen and oxygen atoms in total. The van der Waals surface area contributed by atoms with Crippen molar-refractivity contribution >= 4 is 16.9 Å². The zero-order valence-electron chi connectivity index (χ0n) is 19.7. The Morgan fingerprint density at radius 1 is 0.971 bits per heavy atom. The van der Waals surface area contributed by atoms with Crippen LogP contribution >= 0.6 is 0 Å². The van der Waals surface area contributed by atoms with Crippen molar-refractivity contribution in [3.63, 3.8) is 0 Å². The summed E-state index contributed by atoms with van der Waals surface area (Å²) in [6.45, 7) is 4.63. The van der Waals surface area contributed by atoms with Crippen LogP contribution in [-0.2, 0) is 6.42 Å². The van der Waals surface area contributed by atoms with E-state index in [9.17, 15) is 9.59 Å². The van der Waals surface area contributed by atoms with Crippen LogP contribution in [0.5, 0.6) is 23.0 Å². The molecule has 5 rings (SSSR count). The minimum Gasteiger partial charge on any atom is -0.497 e. The Bertz CT molecular complexity index is 1480. The number of aryl methyl sites for hydroxylation is 2. The van der Waals surface area contributed by atoms with E-state index >= 15 is 0 Å². The van der Waals surface area contributed by atoms with Crippen LogP contribution in [0, 0.1) is 6.92 Å². The van der Waals surface area contributed by atoms with Gasteiger partial charge in [-0.2, -0.15) is 0 Å². The number of hydrogen-bond donors (Lipinski definition) is 0. The molecule has 0 saturated heterocycles. The van der Waals surface area contributed by atoms with E-state index in [-0.39, 0.29) is 5.43 Å². The summed E-state index contributed by atoms with van der Waals surface area (Å²) >= 11 is 0. The average Bonchev–Trinajstić information content (AvgIpc) is 2.88. The van der Waals surface area contributed by atoms with E-state index in [1.807, 2.05) is 13.0 Å². The van der Waals surface area contributed by atoms with Crippen LogP contribution in [0.3, 0.4) is 0 Å². The summed E-state index contributed by atoms with van der Waals surface area (Å²) in [5.74, 6) is 2.20. The van der Waals surface area contributed by atoms with Crippen LogP contribution < -0.4 is 24.4 Å². The summed E-state index contributed by atoms with van der Waals surface area (Å²) in [5, 5.41) is 0.418. The Balaban J connectivity index is 1.54. The number of esters is 1. The van der Waals surface area contributed by atoms with Gasteiger partial charge in [-0.05, 0) is 66.9 Å². The number of hydrogen-bond acceptors (Lipinski definition) is 7. The van der Waals surface area contributed by atoms with E-state index in [4.69, 9.17) is 23.4 Å². The van der Waals surface area contributed by atoms with Crippen LogP contribution in [-0.4, -0.2) is 26.3 Å². The van der Waals surface area contributed by atoms with Gasteiger partial charge in [0.1, 0.15) is 36.1 Å². The van der Waals surface area contributed by atoms with E-state index in [0.29, 0.717) is 76.1 Å². The largest absolute Gasteiger partial charge is 0.497 e. The molecule has 1 aromatic heterocycles. The molecule has 0 saturated carbocycles. The van der Waals surface area contributed by atoms with Crippen LogP contribution in [0.1, 0.15) is 28.6 Å². The highest BCUT2D eigenvalue weighted by molar-refractivity contribution is 5.92. The van der Waals surface area contributed by atoms with E-state index in [0.717, 1.165) is 5.56 Å². The Morgan fingerprint density at radius 3 is 2.43 bits per heavy atom. The van der Waals surface area contributed by atoms with Crippen LogP contribution in [0.15, 0.2) is 63.8 Å². The summed E-state index contributed by atoms with van der Waals surface area (Å²) in [4.78, 5) is 26.3. The first-order chi connectivity index (χ1) is 17.0. The summed E-state index contributed by atoms with van der Waals surface area (Å²) in [5.41, 5.74) is 2.45. The van der Waals surface area contributed by atoms with Gasteiger partial charge in [0.2, 0.25) is 5.43 Å². The predicted octanol–water partition coefficient (Wildman–Crippen LogP) is 5.33. The number of fused-ring (bicyclic) bond motifs is 2. The van der Waals surface area contributed by atoms with Crippen LogP contribution in [0.4, 0.5) is 0 Å². The number of methoxy groups -OCH3 is 1. The van der Waals surface area contributed by atoms with Gasteiger partial charge in [0.25, 0.3) is 0 Å². The van der Waals surface area contributed by atoms with Gasteiger partial charge in [-0.15, -0.1) is 0 Å². The van der Waals surface area contributed by atoms with Crippen molar-refractivity contribution in [3.8, 4) is 34.1 Å². The summed E-state index contributed by atoms with van der Waals surface area (Å²) in [6, 6.07) is 15.4. The topological polar surface area (TPSA) is 84.2 Å². The Hall–Kier alpha value is -4.26. The lowest BCUT2D eigenvalue weighted by Gasteiger charge is -2.19. The SMILES string of the molecule is CCc1cc2c(=O)c(-c3ccc4c(c3)OCCO4)c(C)oc2cc1OC(=O)c1ccc(OC)cc1. The van der Waals surface area contributed by atoms with Crippen molar-refractivity contribution in [2.45, 2.75) is 20.3 Å². The minimum atomic E-state index is -0.506. The number of carbonyl (C=O) groups excluding carboxylic acids is 1. The third-order valence-electron chi connectivity index (χ3n) is 5.99. The Morgan fingerprint density at radius 2 is 1.71 bits per heavy atom. The molecule has 0 N–H and O–H groups in total. The van der Waals surface area contributed by atoms with Gasteiger partial charge in [0, 0.05) is 6.07 Å². The van der Waals surface area contributed by atoms with Gasteiger partial charge in [-0.25, -0.2) is 4.79 Å². The highest BCUT2D eigenvalue weighted by Gasteiger charge is 2.20. The second-order valence-electron chi connectivity index (χ2n) is 8.15. The third kappa shape index (κ3) is 4.21. The molecule has 178 valence electrons. The molecule has 4 aromatic rings.